The highest BCUT2D eigenvalue weighted by Crippen LogP contribution is 2.24. The Balaban J connectivity index is 1.27. The van der Waals surface area contributed by atoms with E-state index in [-0.39, 0.29) is 31.1 Å². The number of ether oxygens (including phenoxy) is 1. The molecule has 3 aromatic rings. The van der Waals surface area contributed by atoms with Gasteiger partial charge in [0.2, 0.25) is 0 Å². The smallest absolute Gasteiger partial charge is 0.321 e. The second-order valence-electron chi connectivity index (χ2n) is 8.55. The summed E-state index contributed by atoms with van der Waals surface area (Å²) in [6.45, 7) is 2.41. The van der Waals surface area contributed by atoms with Crippen molar-refractivity contribution in [3.63, 3.8) is 0 Å². The van der Waals surface area contributed by atoms with Gasteiger partial charge in [-0.1, -0.05) is 60.7 Å². The molecule has 1 aliphatic rings. The molecule has 0 spiro atoms. The van der Waals surface area contributed by atoms with Gasteiger partial charge in [0.15, 0.2) is 6.61 Å². The first-order valence-electron chi connectivity index (χ1n) is 11.6. The van der Waals surface area contributed by atoms with Crippen LogP contribution in [0.2, 0.25) is 0 Å². The Morgan fingerprint density at radius 1 is 1.00 bits per heavy atom. The number of carbonyl (C=O) groups excluding carboxylic acids is 3. The zero-order valence-electron chi connectivity index (χ0n) is 19.2. The van der Waals surface area contributed by atoms with Crippen molar-refractivity contribution in [2.45, 2.75) is 25.8 Å². The van der Waals surface area contributed by atoms with E-state index in [1.807, 2.05) is 79.7 Å². The molecule has 4 rings (SSSR count). The number of anilines is 1. The predicted octanol–water partition coefficient (Wildman–Crippen LogP) is 4.50. The van der Waals surface area contributed by atoms with Gasteiger partial charge in [-0.25, -0.2) is 4.79 Å². The minimum Gasteiger partial charge on any atom is -0.455 e. The van der Waals surface area contributed by atoms with Gasteiger partial charge in [-0.2, -0.15) is 0 Å². The predicted molar refractivity (Wildman–Crippen MR) is 131 cm³/mol. The highest BCUT2D eigenvalue weighted by molar-refractivity contribution is 5.90. The zero-order chi connectivity index (χ0) is 23.9. The Morgan fingerprint density at radius 2 is 1.74 bits per heavy atom. The van der Waals surface area contributed by atoms with Crippen molar-refractivity contribution in [1.29, 1.82) is 0 Å². The van der Waals surface area contributed by atoms with Crippen molar-refractivity contribution in [3.8, 4) is 0 Å². The lowest BCUT2D eigenvalue weighted by Gasteiger charge is -2.31. The Bertz CT molecular complexity index is 1160. The number of piperidine rings is 1. The number of carbonyl (C=O) groups is 3. The molecule has 2 N–H and O–H groups in total. The van der Waals surface area contributed by atoms with Crippen molar-refractivity contribution in [3.05, 3.63) is 78.4 Å². The molecule has 34 heavy (non-hydrogen) atoms. The Hall–Kier alpha value is -3.87. The average Bonchev–Trinajstić information content (AvgIpc) is 2.87. The van der Waals surface area contributed by atoms with Crippen LogP contribution in [0.3, 0.4) is 0 Å². The fourth-order valence-electron chi connectivity index (χ4n) is 4.32. The van der Waals surface area contributed by atoms with Crippen LogP contribution >= 0.6 is 0 Å². The van der Waals surface area contributed by atoms with Crippen LogP contribution in [0.1, 0.15) is 31.4 Å². The van der Waals surface area contributed by atoms with Gasteiger partial charge in [0.25, 0.3) is 5.91 Å². The SMILES string of the molecule is CC(NC(=O)COC(=O)C1CCCN(C(=O)Nc2ccccc2)C1)c1cccc2ccccc12. The molecule has 1 heterocycles. The summed E-state index contributed by atoms with van der Waals surface area (Å²) in [6, 6.07) is 22.7. The molecule has 176 valence electrons. The van der Waals surface area contributed by atoms with Crippen molar-refractivity contribution < 1.29 is 19.1 Å². The maximum atomic E-state index is 12.6. The van der Waals surface area contributed by atoms with E-state index in [4.69, 9.17) is 4.74 Å². The second-order valence-corrected chi connectivity index (χ2v) is 8.55. The van der Waals surface area contributed by atoms with Crippen LogP contribution in [0.5, 0.6) is 0 Å². The molecular formula is C27H29N3O4. The number of hydrogen-bond acceptors (Lipinski definition) is 4. The monoisotopic (exact) mass is 459 g/mol. The second kappa shape index (κ2) is 10.8. The molecule has 7 heteroatoms. The summed E-state index contributed by atoms with van der Waals surface area (Å²) < 4.78 is 5.30. The maximum Gasteiger partial charge on any atom is 0.321 e. The topological polar surface area (TPSA) is 87.7 Å². The van der Waals surface area contributed by atoms with E-state index in [0.717, 1.165) is 16.3 Å². The fourth-order valence-corrected chi connectivity index (χ4v) is 4.32. The summed E-state index contributed by atoms with van der Waals surface area (Å²) in [5.41, 5.74) is 1.71. The number of fused-ring (bicyclic) bond motifs is 1. The summed E-state index contributed by atoms with van der Waals surface area (Å²) in [5.74, 6) is -1.26. The molecule has 0 aliphatic carbocycles. The van der Waals surface area contributed by atoms with E-state index in [9.17, 15) is 14.4 Å². The van der Waals surface area contributed by atoms with E-state index in [0.29, 0.717) is 25.1 Å². The lowest BCUT2D eigenvalue weighted by molar-refractivity contribution is -0.154. The molecule has 0 bridgehead atoms. The number of nitrogens with one attached hydrogen (secondary N) is 2. The van der Waals surface area contributed by atoms with Gasteiger partial charge in [0.05, 0.1) is 12.0 Å². The first-order chi connectivity index (χ1) is 16.5. The minimum atomic E-state index is -0.454. The third-order valence-electron chi connectivity index (χ3n) is 6.08. The fraction of sp³-hybridized carbons (Fsp3) is 0.296. The van der Waals surface area contributed by atoms with Gasteiger partial charge in [-0.05, 0) is 48.2 Å². The van der Waals surface area contributed by atoms with Crippen LogP contribution < -0.4 is 10.6 Å². The van der Waals surface area contributed by atoms with Gasteiger partial charge >= 0.3 is 12.0 Å². The lowest BCUT2D eigenvalue weighted by atomic mass is 9.98. The lowest BCUT2D eigenvalue weighted by Crippen LogP contribution is -2.45. The van der Waals surface area contributed by atoms with Gasteiger partial charge in [-0.3, -0.25) is 9.59 Å². The molecule has 2 unspecified atom stereocenters. The number of likely N-dealkylation sites (tertiary alicyclic amines) is 1. The normalized spacial score (nSPS) is 16.5. The average molecular weight is 460 g/mol. The standard InChI is InChI=1S/C27H29N3O4/c1-19(23-15-7-10-20-9-5-6-14-24(20)23)28-25(31)18-34-26(32)21-11-8-16-30(17-21)27(33)29-22-12-3-2-4-13-22/h2-7,9-10,12-15,19,21H,8,11,16-18H2,1H3,(H,28,31)(H,29,33). The van der Waals surface area contributed by atoms with Crippen molar-refractivity contribution in [2.75, 3.05) is 25.0 Å². The number of urea groups is 1. The number of benzene rings is 3. The minimum absolute atomic E-state index is 0.232. The molecular weight excluding hydrogens is 430 g/mol. The van der Waals surface area contributed by atoms with E-state index >= 15 is 0 Å². The Morgan fingerprint density at radius 3 is 2.56 bits per heavy atom. The van der Waals surface area contributed by atoms with Gasteiger partial charge < -0.3 is 20.3 Å². The molecule has 1 saturated heterocycles. The van der Waals surface area contributed by atoms with Crippen LogP contribution in [0.15, 0.2) is 72.8 Å². The van der Waals surface area contributed by atoms with Crippen LogP contribution in [-0.2, 0) is 14.3 Å². The molecule has 1 fully saturated rings. The largest absolute Gasteiger partial charge is 0.455 e. The Kier molecular flexibility index (Phi) is 7.42. The quantitative estimate of drug-likeness (QED) is 0.531. The first kappa shape index (κ1) is 23.3. The zero-order valence-corrected chi connectivity index (χ0v) is 19.2. The van der Waals surface area contributed by atoms with Crippen molar-refractivity contribution >= 4 is 34.4 Å². The molecule has 0 aromatic heterocycles. The molecule has 1 aliphatic heterocycles. The molecule has 7 nitrogen and oxygen atoms in total. The van der Waals surface area contributed by atoms with Crippen LogP contribution in [0.4, 0.5) is 10.5 Å². The number of rotatable bonds is 6. The highest BCUT2D eigenvalue weighted by atomic mass is 16.5. The molecule has 3 aromatic carbocycles. The van der Waals surface area contributed by atoms with Gasteiger partial charge in [0.1, 0.15) is 0 Å². The summed E-state index contributed by atoms with van der Waals surface area (Å²) in [5, 5.41) is 7.93. The summed E-state index contributed by atoms with van der Waals surface area (Å²) in [7, 11) is 0. The van der Waals surface area contributed by atoms with E-state index in [2.05, 4.69) is 10.6 Å². The van der Waals surface area contributed by atoms with Crippen LogP contribution in [0.25, 0.3) is 10.8 Å². The summed E-state index contributed by atoms with van der Waals surface area (Å²) in [4.78, 5) is 39.2. The first-order valence-corrected chi connectivity index (χ1v) is 11.6. The van der Waals surface area contributed by atoms with E-state index in [1.165, 1.54) is 0 Å². The van der Waals surface area contributed by atoms with Crippen LogP contribution in [0, 0.1) is 5.92 Å². The third kappa shape index (κ3) is 5.73. The highest BCUT2D eigenvalue weighted by Gasteiger charge is 2.30. The summed E-state index contributed by atoms with van der Waals surface area (Å²) >= 11 is 0. The number of hydrogen-bond donors (Lipinski definition) is 2. The van der Waals surface area contributed by atoms with Gasteiger partial charge in [0, 0.05) is 18.8 Å². The number of esters is 1. The van der Waals surface area contributed by atoms with Crippen molar-refractivity contribution in [1.82, 2.24) is 10.2 Å². The molecule has 2 atom stereocenters. The number of nitrogens with zero attached hydrogens (tertiary/aromatic N) is 1. The van der Waals surface area contributed by atoms with Crippen LogP contribution in [-0.4, -0.2) is 42.5 Å². The maximum absolute atomic E-state index is 12.6. The third-order valence-corrected chi connectivity index (χ3v) is 6.08. The van der Waals surface area contributed by atoms with E-state index < -0.39 is 11.9 Å². The molecule has 3 amide bonds. The molecule has 0 saturated carbocycles. The summed E-state index contributed by atoms with van der Waals surface area (Å²) in [6.07, 6.45) is 1.33. The molecule has 0 radical (unpaired) electrons. The number of para-hydroxylation sites is 1. The number of amides is 3. The van der Waals surface area contributed by atoms with E-state index in [1.54, 1.807) is 4.90 Å². The van der Waals surface area contributed by atoms with Gasteiger partial charge in [-0.15, -0.1) is 0 Å². The Labute approximate surface area is 199 Å². The van der Waals surface area contributed by atoms with Crippen molar-refractivity contribution in [2.24, 2.45) is 5.92 Å².